The van der Waals surface area contributed by atoms with E-state index in [1.807, 2.05) is 18.2 Å². The lowest BCUT2D eigenvalue weighted by atomic mass is 9.87. The van der Waals surface area contributed by atoms with Gasteiger partial charge >= 0.3 is 0 Å². The molecule has 0 bridgehead atoms. The summed E-state index contributed by atoms with van der Waals surface area (Å²) < 4.78 is 21.7. The van der Waals surface area contributed by atoms with Gasteiger partial charge in [-0.05, 0) is 31.0 Å². The fourth-order valence-electron chi connectivity index (χ4n) is 2.27. The third kappa shape index (κ3) is 3.39. The molecule has 1 aromatic rings. The van der Waals surface area contributed by atoms with Crippen molar-refractivity contribution in [1.29, 1.82) is 0 Å². The molecule has 0 amide bonds. The Labute approximate surface area is 115 Å². The van der Waals surface area contributed by atoms with E-state index in [4.69, 9.17) is 18.9 Å². The molecule has 0 aliphatic rings. The zero-order valence-electron chi connectivity index (χ0n) is 12.5. The molecule has 0 saturated heterocycles. The minimum atomic E-state index is -0.363. The SMILES string of the molecule is CCC(CC)(OC)c1cc(OC)ccc1OCOC. The molecule has 0 saturated carbocycles. The zero-order chi connectivity index (χ0) is 14.3. The van der Waals surface area contributed by atoms with Crippen LogP contribution in [0.25, 0.3) is 0 Å². The highest BCUT2D eigenvalue weighted by atomic mass is 16.7. The van der Waals surface area contributed by atoms with E-state index in [-0.39, 0.29) is 12.4 Å². The number of ether oxygens (including phenoxy) is 4. The average Bonchev–Trinajstić information content (AvgIpc) is 2.48. The van der Waals surface area contributed by atoms with Crippen molar-refractivity contribution in [3.8, 4) is 11.5 Å². The van der Waals surface area contributed by atoms with E-state index in [2.05, 4.69) is 13.8 Å². The Balaban J connectivity index is 3.25. The lowest BCUT2D eigenvalue weighted by molar-refractivity contribution is -0.0269. The van der Waals surface area contributed by atoms with Gasteiger partial charge in [0, 0.05) is 19.8 Å². The first-order valence-corrected chi connectivity index (χ1v) is 6.52. The highest BCUT2D eigenvalue weighted by Crippen LogP contribution is 2.40. The minimum absolute atomic E-state index is 0.215. The molecule has 0 atom stereocenters. The van der Waals surface area contributed by atoms with E-state index >= 15 is 0 Å². The van der Waals surface area contributed by atoms with Crippen molar-refractivity contribution >= 4 is 0 Å². The van der Waals surface area contributed by atoms with Crippen molar-refractivity contribution in [1.82, 2.24) is 0 Å². The van der Waals surface area contributed by atoms with Gasteiger partial charge in [0.2, 0.25) is 0 Å². The number of methoxy groups -OCH3 is 3. The lowest BCUT2D eigenvalue weighted by Crippen LogP contribution is -2.27. The maximum atomic E-state index is 5.77. The second kappa shape index (κ2) is 7.36. The molecule has 0 fully saturated rings. The van der Waals surface area contributed by atoms with Gasteiger partial charge in [0.1, 0.15) is 11.5 Å². The first-order valence-electron chi connectivity index (χ1n) is 6.52. The first-order chi connectivity index (χ1) is 9.17. The van der Waals surface area contributed by atoms with E-state index < -0.39 is 0 Å². The van der Waals surface area contributed by atoms with Crippen LogP contribution in [0.2, 0.25) is 0 Å². The van der Waals surface area contributed by atoms with Crippen molar-refractivity contribution in [2.75, 3.05) is 28.1 Å². The molecule has 1 rings (SSSR count). The van der Waals surface area contributed by atoms with E-state index in [1.165, 1.54) is 0 Å². The predicted octanol–water partition coefficient (Wildman–Crippen LogP) is 3.34. The molecule has 0 spiro atoms. The highest BCUT2D eigenvalue weighted by molar-refractivity contribution is 5.44. The molecule has 0 unspecified atom stereocenters. The summed E-state index contributed by atoms with van der Waals surface area (Å²) in [6, 6.07) is 5.74. The Hall–Kier alpha value is -1.26. The summed E-state index contributed by atoms with van der Waals surface area (Å²) in [5.74, 6) is 1.57. The van der Waals surface area contributed by atoms with Crippen LogP contribution in [0, 0.1) is 0 Å². The largest absolute Gasteiger partial charge is 0.497 e. The molecule has 0 heterocycles. The van der Waals surface area contributed by atoms with Crippen LogP contribution in [0.15, 0.2) is 18.2 Å². The summed E-state index contributed by atoms with van der Waals surface area (Å²) in [7, 11) is 4.99. The molecule has 0 radical (unpaired) electrons. The van der Waals surface area contributed by atoms with Gasteiger partial charge < -0.3 is 18.9 Å². The Morgan fingerprint density at radius 1 is 1.05 bits per heavy atom. The Morgan fingerprint density at radius 2 is 1.74 bits per heavy atom. The summed E-state index contributed by atoms with van der Waals surface area (Å²) in [6.07, 6.45) is 1.72. The van der Waals surface area contributed by atoms with Gasteiger partial charge in [-0.1, -0.05) is 13.8 Å². The maximum absolute atomic E-state index is 5.77. The van der Waals surface area contributed by atoms with Crippen LogP contribution >= 0.6 is 0 Å². The van der Waals surface area contributed by atoms with Crippen LogP contribution < -0.4 is 9.47 Å². The van der Waals surface area contributed by atoms with Crippen molar-refractivity contribution in [2.24, 2.45) is 0 Å². The van der Waals surface area contributed by atoms with E-state index in [1.54, 1.807) is 21.3 Å². The van der Waals surface area contributed by atoms with Crippen LogP contribution in [0.5, 0.6) is 11.5 Å². The van der Waals surface area contributed by atoms with Crippen molar-refractivity contribution < 1.29 is 18.9 Å². The number of hydrogen-bond acceptors (Lipinski definition) is 4. The maximum Gasteiger partial charge on any atom is 0.188 e. The standard InChI is InChI=1S/C15H24O4/c1-6-15(7-2,18-5)13-10-12(17-4)8-9-14(13)19-11-16-3/h8-10H,6-7,11H2,1-5H3. The molecule has 0 N–H and O–H groups in total. The monoisotopic (exact) mass is 268 g/mol. The zero-order valence-corrected chi connectivity index (χ0v) is 12.5. The summed E-state index contributed by atoms with van der Waals surface area (Å²) >= 11 is 0. The average molecular weight is 268 g/mol. The van der Waals surface area contributed by atoms with Crippen LogP contribution in [0.4, 0.5) is 0 Å². The molecule has 4 heteroatoms. The molecule has 0 aliphatic carbocycles. The highest BCUT2D eigenvalue weighted by Gasteiger charge is 2.31. The first kappa shape index (κ1) is 15.8. The molecule has 4 nitrogen and oxygen atoms in total. The number of benzene rings is 1. The van der Waals surface area contributed by atoms with Crippen LogP contribution in [-0.2, 0) is 15.1 Å². The topological polar surface area (TPSA) is 36.9 Å². The van der Waals surface area contributed by atoms with Crippen molar-refractivity contribution in [2.45, 2.75) is 32.3 Å². The lowest BCUT2D eigenvalue weighted by Gasteiger charge is -2.32. The van der Waals surface area contributed by atoms with E-state index in [9.17, 15) is 0 Å². The second-order valence-corrected chi connectivity index (χ2v) is 4.32. The molecular formula is C15H24O4. The fraction of sp³-hybridized carbons (Fsp3) is 0.600. The molecule has 19 heavy (non-hydrogen) atoms. The van der Waals surface area contributed by atoms with Crippen LogP contribution in [0.1, 0.15) is 32.3 Å². The summed E-state index contributed by atoms with van der Waals surface area (Å²) in [5.41, 5.74) is 0.633. The fourth-order valence-corrected chi connectivity index (χ4v) is 2.27. The Bertz CT molecular complexity index is 377. The van der Waals surface area contributed by atoms with Crippen molar-refractivity contribution in [3.05, 3.63) is 23.8 Å². The van der Waals surface area contributed by atoms with Crippen LogP contribution in [-0.4, -0.2) is 28.1 Å². The Kier molecular flexibility index (Phi) is 6.12. The predicted molar refractivity (Wildman–Crippen MR) is 74.8 cm³/mol. The molecule has 1 aromatic carbocycles. The quantitative estimate of drug-likeness (QED) is 0.678. The summed E-state index contributed by atoms with van der Waals surface area (Å²) in [5, 5.41) is 0. The smallest absolute Gasteiger partial charge is 0.188 e. The van der Waals surface area contributed by atoms with Gasteiger partial charge in [0.15, 0.2) is 6.79 Å². The number of rotatable bonds is 8. The minimum Gasteiger partial charge on any atom is -0.497 e. The second-order valence-electron chi connectivity index (χ2n) is 4.32. The van der Waals surface area contributed by atoms with E-state index in [0.717, 1.165) is 29.9 Å². The summed E-state index contributed by atoms with van der Waals surface area (Å²) in [4.78, 5) is 0. The van der Waals surface area contributed by atoms with Gasteiger partial charge in [0.05, 0.1) is 12.7 Å². The Morgan fingerprint density at radius 3 is 2.21 bits per heavy atom. The normalized spacial score (nSPS) is 11.4. The van der Waals surface area contributed by atoms with Crippen molar-refractivity contribution in [3.63, 3.8) is 0 Å². The van der Waals surface area contributed by atoms with E-state index in [0.29, 0.717) is 0 Å². The molecule has 0 aliphatic heterocycles. The number of hydrogen-bond donors (Lipinski definition) is 0. The summed E-state index contributed by atoms with van der Waals surface area (Å²) in [6.45, 7) is 4.42. The third-order valence-electron chi connectivity index (χ3n) is 3.54. The molecular weight excluding hydrogens is 244 g/mol. The third-order valence-corrected chi connectivity index (χ3v) is 3.54. The van der Waals surface area contributed by atoms with Gasteiger partial charge in [-0.2, -0.15) is 0 Å². The van der Waals surface area contributed by atoms with Gasteiger partial charge in [-0.15, -0.1) is 0 Å². The molecule has 0 aromatic heterocycles. The van der Waals surface area contributed by atoms with Gasteiger partial charge in [0.25, 0.3) is 0 Å². The van der Waals surface area contributed by atoms with Gasteiger partial charge in [-0.3, -0.25) is 0 Å². The van der Waals surface area contributed by atoms with Gasteiger partial charge in [-0.25, -0.2) is 0 Å². The van der Waals surface area contributed by atoms with Crippen LogP contribution in [0.3, 0.4) is 0 Å². The molecule has 108 valence electrons.